The molecule has 2 aromatic carbocycles. The number of amides is 2. The van der Waals surface area contributed by atoms with Gasteiger partial charge in [-0.3, -0.25) is 9.59 Å². The van der Waals surface area contributed by atoms with Crippen molar-refractivity contribution in [3.8, 4) is 0 Å². The number of fused-ring (bicyclic) bond motifs is 1. The number of hydrogen-bond acceptors (Lipinski definition) is 3. The van der Waals surface area contributed by atoms with Crippen LogP contribution in [0.2, 0.25) is 0 Å². The van der Waals surface area contributed by atoms with Gasteiger partial charge in [-0.05, 0) is 43.2 Å². The van der Waals surface area contributed by atoms with Crippen LogP contribution < -0.4 is 10.6 Å². The van der Waals surface area contributed by atoms with Crippen LogP contribution in [0.3, 0.4) is 0 Å². The SMILES string of the molecule is CC1(C(=O)NCCc2cccc(F)c2)Sc2ccccc2NC1=O. The summed E-state index contributed by atoms with van der Waals surface area (Å²) in [5, 5.41) is 5.56. The Morgan fingerprint density at radius 2 is 2.04 bits per heavy atom. The summed E-state index contributed by atoms with van der Waals surface area (Å²) >= 11 is 1.24. The maximum absolute atomic E-state index is 13.2. The van der Waals surface area contributed by atoms with E-state index in [9.17, 15) is 14.0 Å². The molecule has 0 spiro atoms. The standard InChI is InChI=1S/C18H17FN2O2S/c1-18(17(23)21-14-7-2-3-8-15(14)24-18)16(22)20-10-9-12-5-4-6-13(19)11-12/h2-8,11H,9-10H2,1H3,(H,20,22)(H,21,23). The van der Waals surface area contributed by atoms with Gasteiger partial charge in [0.2, 0.25) is 11.8 Å². The van der Waals surface area contributed by atoms with Gasteiger partial charge in [-0.1, -0.05) is 36.0 Å². The summed E-state index contributed by atoms with van der Waals surface area (Å²) in [5.74, 6) is -0.991. The molecule has 0 aromatic heterocycles. The average molecular weight is 344 g/mol. The Morgan fingerprint density at radius 3 is 2.83 bits per heavy atom. The lowest BCUT2D eigenvalue weighted by atomic mass is 10.1. The molecule has 1 aliphatic rings. The van der Waals surface area contributed by atoms with E-state index in [0.29, 0.717) is 13.0 Å². The highest BCUT2D eigenvalue weighted by Crippen LogP contribution is 2.42. The highest BCUT2D eigenvalue weighted by molar-refractivity contribution is 8.02. The highest BCUT2D eigenvalue weighted by atomic mass is 32.2. The fourth-order valence-corrected chi connectivity index (χ4v) is 3.62. The van der Waals surface area contributed by atoms with E-state index in [4.69, 9.17) is 0 Å². The van der Waals surface area contributed by atoms with Gasteiger partial charge in [0.15, 0.2) is 4.75 Å². The Labute approximate surface area is 143 Å². The van der Waals surface area contributed by atoms with Crippen molar-refractivity contribution >= 4 is 29.3 Å². The van der Waals surface area contributed by atoms with E-state index in [-0.39, 0.29) is 17.6 Å². The lowest BCUT2D eigenvalue weighted by Gasteiger charge is -2.31. The van der Waals surface area contributed by atoms with Crippen LogP contribution in [0.15, 0.2) is 53.4 Å². The number of anilines is 1. The second kappa shape index (κ2) is 6.65. The molecule has 124 valence electrons. The molecule has 2 aromatic rings. The summed E-state index contributed by atoms with van der Waals surface area (Å²) in [6.45, 7) is 1.95. The van der Waals surface area contributed by atoms with E-state index < -0.39 is 4.75 Å². The minimum atomic E-state index is -1.23. The molecule has 0 aliphatic carbocycles. The van der Waals surface area contributed by atoms with Gasteiger partial charge in [0, 0.05) is 11.4 Å². The zero-order valence-corrected chi connectivity index (χ0v) is 14.0. The first-order valence-electron chi connectivity index (χ1n) is 7.61. The normalized spacial score (nSPS) is 19.3. The maximum atomic E-state index is 13.2. The van der Waals surface area contributed by atoms with Crippen LogP contribution in [0.1, 0.15) is 12.5 Å². The van der Waals surface area contributed by atoms with Gasteiger partial charge >= 0.3 is 0 Å². The van der Waals surface area contributed by atoms with Gasteiger partial charge in [0.25, 0.3) is 0 Å². The largest absolute Gasteiger partial charge is 0.354 e. The molecular weight excluding hydrogens is 327 g/mol. The van der Waals surface area contributed by atoms with Crippen molar-refractivity contribution in [1.82, 2.24) is 5.32 Å². The number of hydrogen-bond donors (Lipinski definition) is 2. The van der Waals surface area contributed by atoms with Gasteiger partial charge in [0.05, 0.1) is 5.69 Å². The van der Waals surface area contributed by atoms with Crippen molar-refractivity contribution in [2.45, 2.75) is 23.0 Å². The number of benzene rings is 2. The maximum Gasteiger partial charge on any atom is 0.250 e. The van der Waals surface area contributed by atoms with E-state index in [1.54, 1.807) is 19.1 Å². The van der Waals surface area contributed by atoms with E-state index >= 15 is 0 Å². The number of nitrogens with one attached hydrogen (secondary N) is 2. The van der Waals surface area contributed by atoms with Crippen molar-refractivity contribution in [2.24, 2.45) is 0 Å². The Bertz CT molecular complexity index is 796. The van der Waals surface area contributed by atoms with Gasteiger partial charge < -0.3 is 10.6 Å². The molecule has 6 heteroatoms. The molecule has 2 N–H and O–H groups in total. The lowest BCUT2D eigenvalue weighted by Crippen LogP contribution is -2.52. The summed E-state index contributed by atoms with van der Waals surface area (Å²) in [4.78, 5) is 25.7. The monoisotopic (exact) mass is 344 g/mol. The summed E-state index contributed by atoms with van der Waals surface area (Å²) < 4.78 is 11.9. The molecule has 4 nitrogen and oxygen atoms in total. The molecule has 0 bridgehead atoms. The Morgan fingerprint density at radius 1 is 1.25 bits per heavy atom. The quantitative estimate of drug-likeness (QED) is 0.839. The Kier molecular flexibility index (Phi) is 4.57. The van der Waals surface area contributed by atoms with Crippen molar-refractivity contribution < 1.29 is 14.0 Å². The summed E-state index contributed by atoms with van der Waals surface area (Å²) in [7, 11) is 0. The Balaban J connectivity index is 1.65. The van der Waals surface area contributed by atoms with Gasteiger partial charge in [-0.2, -0.15) is 0 Å². The predicted octanol–water partition coefficient (Wildman–Crippen LogP) is 2.99. The number of thioether (sulfide) groups is 1. The van der Waals surface area contributed by atoms with Crippen molar-refractivity contribution in [3.05, 3.63) is 59.9 Å². The zero-order valence-electron chi connectivity index (χ0n) is 13.1. The molecule has 1 aliphatic heterocycles. The first-order valence-corrected chi connectivity index (χ1v) is 8.43. The minimum absolute atomic E-state index is 0.301. The molecular formula is C18H17FN2O2S. The number of carbonyl (C=O) groups is 2. The molecule has 0 radical (unpaired) electrons. The molecule has 3 rings (SSSR count). The molecule has 1 atom stereocenters. The zero-order chi connectivity index (χ0) is 17.2. The number of halogens is 1. The number of rotatable bonds is 4. The third-order valence-corrected chi connectivity index (χ3v) is 5.26. The topological polar surface area (TPSA) is 58.2 Å². The summed E-state index contributed by atoms with van der Waals surface area (Å²) in [6, 6.07) is 13.6. The second-order valence-electron chi connectivity index (χ2n) is 5.72. The van der Waals surface area contributed by atoms with Crippen LogP contribution in [0.25, 0.3) is 0 Å². The van der Waals surface area contributed by atoms with Crippen LogP contribution in [-0.4, -0.2) is 23.1 Å². The summed E-state index contributed by atoms with van der Waals surface area (Å²) in [6.07, 6.45) is 0.502. The third kappa shape index (κ3) is 3.28. The summed E-state index contributed by atoms with van der Waals surface area (Å²) in [5.41, 5.74) is 1.52. The number of para-hydroxylation sites is 1. The second-order valence-corrected chi connectivity index (χ2v) is 7.18. The molecule has 1 unspecified atom stereocenters. The van der Waals surface area contributed by atoms with Crippen molar-refractivity contribution in [1.29, 1.82) is 0 Å². The molecule has 1 heterocycles. The fourth-order valence-electron chi connectivity index (χ4n) is 2.50. The van der Waals surface area contributed by atoms with E-state index in [0.717, 1.165) is 16.1 Å². The van der Waals surface area contributed by atoms with E-state index in [1.165, 1.54) is 23.9 Å². The van der Waals surface area contributed by atoms with Gasteiger partial charge in [-0.15, -0.1) is 0 Å². The first-order chi connectivity index (χ1) is 11.5. The predicted molar refractivity (Wildman–Crippen MR) is 92.4 cm³/mol. The fraction of sp³-hybridized carbons (Fsp3) is 0.222. The van der Waals surface area contributed by atoms with Crippen LogP contribution in [-0.2, 0) is 16.0 Å². The Hall–Kier alpha value is -2.34. The van der Waals surface area contributed by atoms with Crippen LogP contribution in [0.5, 0.6) is 0 Å². The van der Waals surface area contributed by atoms with E-state index in [2.05, 4.69) is 10.6 Å². The van der Waals surface area contributed by atoms with Gasteiger partial charge in [0.1, 0.15) is 5.82 Å². The van der Waals surface area contributed by atoms with E-state index in [1.807, 2.05) is 24.3 Å². The average Bonchev–Trinajstić information content (AvgIpc) is 2.56. The highest BCUT2D eigenvalue weighted by Gasteiger charge is 2.45. The molecule has 0 saturated carbocycles. The first kappa shape index (κ1) is 16.5. The van der Waals surface area contributed by atoms with Crippen LogP contribution >= 0.6 is 11.8 Å². The van der Waals surface area contributed by atoms with Crippen molar-refractivity contribution in [2.75, 3.05) is 11.9 Å². The molecule has 2 amide bonds. The van der Waals surface area contributed by atoms with Gasteiger partial charge in [-0.25, -0.2) is 4.39 Å². The van der Waals surface area contributed by atoms with Crippen LogP contribution in [0.4, 0.5) is 10.1 Å². The smallest absolute Gasteiger partial charge is 0.250 e. The molecule has 0 saturated heterocycles. The lowest BCUT2D eigenvalue weighted by molar-refractivity contribution is -0.129. The third-order valence-electron chi connectivity index (χ3n) is 3.90. The van der Waals surface area contributed by atoms with Crippen molar-refractivity contribution in [3.63, 3.8) is 0 Å². The molecule has 0 fully saturated rings. The molecule has 24 heavy (non-hydrogen) atoms. The number of carbonyl (C=O) groups excluding carboxylic acids is 2. The van der Waals surface area contributed by atoms with Crippen LogP contribution in [0, 0.1) is 5.82 Å². The minimum Gasteiger partial charge on any atom is -0.354 e.